The Hall–Kier alpha value is -3.64. The number of nitrogens with one attached hydrogen (secondary N) is 1. The van der Waals surface area contributed by atoms with Crippen LogP contribution in [0.4, 0.5) is 5.69 Å². The quantitative estimate of drug-likeness (QED) is 0.252. The molecule has 0 aromatic heterocycles. The zero-order valence-electron chi connectivity index (χ0n) is 20.0. The van der Waals surface area contributed by atoms with E-state index in [4.69, 9.17) is 21.1 Å². The fraction of sp³-hybridized carbons (Fsp3) is 0.250. The summed E-state index contributed by atoms with van der Waals surface area (Å²) in [6.45, 7) is 5.60. The third-order valence-electron chi connectivity index (χ3n) is 5.44. The Labute approximate surface area is 210 Å². The van der Waals surface area contributed by atoms with Crippen LogP contribution in [0.2, 0.25) is 5.02 Å². The maximum Gasteiger partial charge on any atom is 0.306 e. The summed E-state index contributed by atoms with van der Waals surface area (Å²) in [5.41, 5.74) is 3.40. The van der Waals surface area contributed by atoms with Crippen LogP contribution in [-0.4, -0.2) is 23.8 Å². The van der Waals surface area contributed by atoms with Crippen LogP contribution in [0.25, 0.3) is 0 Å². The van der Waals surface area contributed by atoms with Crippen molar-refractivity contribution in [3.8, 4) is 11.5 Å². The van der Waals surface area contributed by atoms with Crippen LogP contribution >= 0.6 is 11.6 Å². The number of halogens is 1. The summed E-state index contributed by atoms with van der Waals surface area (Å²) in [5, 5.41) is 3.32. The Kier molecular flexibility index (Phi) is 9.04. The number of rotatable bonds is 10. The second kappa shape index (κ2) is 12.2. The summed E-state index contributed by atoms with van der Waals surface area (Å²) >= 11 is 5.82. The highest BCUT2D eigenvalue weighted by Crippen LogP contribution is 2.25. The first kappa shape index (κ1) is 26.0. The lowest BCUT2D eigenvalue weighted by atomic mass is 10.1. The van der Waals surface area contributed by atoms with Crippen molar-refractivity contribution in [3.63, 3.8) is 0 Å². The standard InChI is InChI=1S/C28H28ClNO5/c1-18-7-14-25(17-19(18)2)35-24-15-12-23(13-16-24)30-26(31)5-4-6-27(32)34-20(3)28(33)21-8-10-22(29)11-9-21/h7-17,20H,4-6H2,1-3H3,(H,30,31). The van der Waals surface area contributed by atoms with Crippen molar-refractivity contribution in [1.82, 2.24) is 0 Å². The van der Waals surface area contributed by atoms with Crippen molar-refractivity contribution in [2.24, 2.45) is 0 Å². The Morgan fingerprint density at radius 2 is 1.51 bits per heavy atom. The third-order valence-corrected chi connectivity index (χ3v) is 5.70. The summed E-state index contributed by atoms with van der Waals surface area (Å²) in [6, 6.07) is 19.3. The normalized spacial score (nSPS) is 11.4. The number of hydrogen-bond acceptors (Lipinski definition) is 5. The second-order valence-corrected chi connectivity index (χ2v) is 8.71. The number of ketones is 1. The van der Waals surface area contributed by atoms with Gasteiger partial charge in [0.15, 0.2) is 6.10 Å². The van der Waals surface area contributed by atoms with Gasteiger partial charge in [-0.3, -0.25) is 14.4 Å². The lowest BCUT2D eigenvalue weighted by Gasteiger charge is -2.12. The van der Waals surface area contributed by atoms with Gasteiger partial charge in [0.1, 0.15) is 11.5 Å². The zero-order valence-corrected chi connectivity index (χ0v) is 20.7. The van der Waals surface area contributed by atoms with Crippen molar-refractivity contribution in [2.75, 3.05) is 5.32 Å². The molecule has 7 heteroatoms. The zero-order chi connectivity index (χ0) is 25.4. The Balaban J connectivity index is 1.39. The van der Waals surface area contributed by atoms with E-state index in [-0.39, 0.29) is 24.5 Å². The Bertz CT molecular complexity index is 1190. The maximum absolute atomic E-state index is 12.3. The number of benzene rings is 3. The van der Waals surface area contributed by atoms with Crippen molar-refractivity contribution in [1.29, 1.82) is 0 Å². The van der Waals surface area contributed by atoms with Crippen molar-refractivity contribution >= 4 is 34.9 Å². The van der Waals surface area contributed by atoms with Crippen molar-refractivity contribution < 1.29 is 23.9 Å². The van der Waals surface area contributed by atoms with E-state index in [2.05, 4.69) is 5.32 Å². The van der Waals surface area contributed by atoms with Crippen LogP contribution in [0.15, 0.2) is 66.7 Å². The van der Waals surface area contributed by atoms with Gasteiger partial charge in [-0.25, -0.2) is 0 Å². The van der Waals surface area contributed by atoms with E-state index >= 15 is 0 Å². The fourth-order valence-corrected chi connectivity index (χ4v) is 3.42. The Morgan fingerprint density at radius 3 is 2.17 bits per heavy atom. The van der Waals surface area contributed by atoms with E-state index in [0.29, 0.717) is 28.4 Å². The molecule has 1 unspecified atom stereocenters. The molecule has 1 N–H and O–H groups in total. The Morgan fingerprint density at radius 1 is 0.857 bits per heavy atom. The molecule has 0 radical (unpaired) electrons. The van der Waals surface area contributed by atoms with E-state index < -0.39 is 12.1 Å². The SMILES string of the molecule is Cc1ccc(Oc2ccc(NC(=O)CCCC(=O)OC(C)C(=O)c3ccc(Cl)cc3)cc2)cc1C. The lowest BCUT2D eigenvalue weighted by Crippen LogP contribution is -2.24. The van der Waals surface area contributed by atoms with Crippen molar-refractivity contribution in [2.45, 2.75) is 46.1 Å². The fourth-order valence-electron chi connectivity index (χ4n) is 3.30. The number of ether oxygens (including phenoxy) is 2. The highest BCUT2D eigenvalue weighted by atomic mass is 35.5. The minimum absolute atomic E-state index is 0.0361. The van der Waals surface area contributed by atoms with Crippen LogP contribution in [0.1, 0.15) is 47.7 Å². The first-order valence-electron chi connectivity index (χ1n) is 11.4. The number of anilines is 1. The molecular formula is C28H28ClNO5. The van der Waals surface area contributed by atoms with Gasteiger partial charge in [-0.15, -0.1) is 0 Å². The van der Waals surface area contributed by atoms with Gasteiger partial charge in [-0.1, -0.05) is 17.7 Å². The number of carbonyl (C=O) groups is 3. The molecule has 35 heavy (non-hydrogen) atoms. The molecule has 3 aromatic carbocycles. The molecule has 0 bridgehead atoms. The average Bonchev–Trinajstić information content (AvgIpc) is 2.82. The molecule has 3 rings (SSSR count). The molecule has 6 nitrogen and oxygen atoms in total. The molecule has 3 aromatic rings. The highest BCUT2D eigenvalue weighted by Gasteiger charge is 2.19. The third kappa shape index (κ3) is 7.97. The number of carbonyl (C=O) groups excluding carboxylic acids is 3. The minimum Gasteiger partial charge on any atom is -0.457 e. The smallest absolute Gasteiger partial charge is 0.306 e. The molecular weight excluding hydrogens is 466 g/mol. The molecule has 0 heterocycles. The topological polar surface area (TPSA) is 81.7 Å². The molecule has 1 atom stereocenters. The summed E-state index contributed by atoms with van der Waals surface area (Å²) in [5.74, 6) is 0.362. The predicted octanol–water partition coefficient (Wildman–Crippen LogP) is 6.67. The number of Topliss-reactive ketones (excluding diaryl/α,β-unsaturated/α-hetero) is 1. The number of amides is 1. The summed E-state index contributed by atoms with van der Waals surface area (Å²) < 4.78 is 11.1. The van der Waals surface area contributed by atoms with Crippen LogP contribution in [-0.2, 0) is 14.3 Å². The van der Waals surface area contributed by atoms with E-state index in [9.17, 15) is 14.4 Å². The van der Waals surface area contributed by atoms with E-state index in [1.807, 2.05) is 32.0 Å². The molecule has 0 saturated heterocycles. The maximum atomic E-state index is 12.3. The average molecular weight is 494 g/mol. The molecule has 1 amide bonds. The van der Waals surface area contributed by atoms with Gasteiger partial charge in [0, 0.05) is 29.1 Å². The van der Waals surface area contributed by atoms with Crippen LogP contribution < -0.4 is 10.1 Å². The van der Waals surface area contributed by atoms with Crippen LogP contribution in [0, 0.1) is 13.8 Å². The molecule has 0 spiro atoms. The summed E-state index contributed by atoms with van der Waals surface area (Å²) in [7, 11) is 0. The van der Waals surface area contributed by atoms with Gasteiger partial charge in [-0.2, -0.15) is 0 Å². The molecule has 0 aliphatic rings. The predicted molar refractivity (Wildman–Crippen MR) is 136 cm³/mol. The summed E-state index contributed by atoms with van der Waals surface area (Å²) in [6.07, 6.45) is -0.424. The monoisotopic (exact) mass is 493 g/mol. The lowest BCUT2D eigenvalue weighted by molar-refractivity contribution is -0.146. The molecule has 0 aliphatic carbocycles. The number of hydrogen-bond donors (Lipinski definition) is 1. The van der Waals surface area contributed by atoms with Gasteiger partial charge in [0.05, 0.1) is 0 Å². The van der Waals surface area contributed by atoms with Gasteiger partial charge >= 0.3 is 5.97 Å². The first-order valence-corrected chi connectivity index (χ1v) is 11.7. The van der Waals surface area contributed by atoms with Gasteiger partial charge in [0.25, 0.3) is 0 Å². The van der Waals surface area contributed by atoms with Gasteiger partial charge in [0.2, 0.25) is 11.7 Å². The summed E-state index contributed by atoms with van der Waals surface area (Å²) in [4.78, 5) is 36.6. The van der Waals surface area contributed by atoms with E-state index in [0.717, 1.165) is 11.3 Å². The molecule has 0 fully saturated rings. The first-order chi connectivity index (χ1) is 16.7. The second-order valence-electron chi connectivity index (χ2n) is 8.28. The highest BCUT2D eigenvalue weighted by molar-refractivity contribution is 6.30. The van der Waals surface area contributed by atoms with E-state index in [1.54, 1.807) is 48.5 Å². The minimum atomic E-state index is -0.915. The van der Waals surface area contributed by atoms with Gasteiger partial charge in [-0.05, 0) is 99.0 Å². The van der Waals surface area contributed by atoms with Gasteiger partial charge < -0.3 is 14.8 Å². The van der Waals surface area contributed by atoms with Crippen LogP contribution in [0.3, 0.4) is 0 Å². The van der Waals surface area contributed by atoms with Crippen molar-refractivity contribution in [3.05, 3.63) is 88.4 Å². The molecule has 182 valence electrons. The van der Waals surface area contributed by atoms with E-state index in [1.165, 1.54) is 12.5 Å². The van der Waals surface area contributed by atoms with Crippen LogP contribution in [0.5, 0.6) is 11.5 Å². The molecule has 0 aliphatic heterocycles. The number of aryl methyl sites for hydroxylation is 2. The largest absolute Gasteiger partial charge is 0.457 e. The number of esters is 1. The molecule has 0 saturated carbocycles.